The molecule has 0 nitrogen and oxygen atoms in total. The van der Waals surface area contributed by atoms with Crippen LogP contribution < -0.4 is 0 Å². The lowest BCUT2D eigenvalue weighted by molar-refractivity contribution is 0.221. The Hall–Kier alpha value is -0.0100. The lowest BCUT2D eigenvalue weighted by Crippen LogP contribution is -2.31. The van der Waals surface area contributed by atoms with Gasteiger partial charge >= 0.3 is 0 Å². The van der Waals surface area contributed by atoms with Crippen LogP contribution in [-0.4, -0.2) is 5.38 Å². The maximum Gasteiger partial charge on any atom is 0.0440 e. The smallest absolute Gasteiger partial charge is 0.0440 e. The maximum atomic E-state index is 6.79. The summed E-state index contributed by atoms with van der Waals surface area (Å²) in [6, 6.07) is 4.35. The van der Waals surface area contributed by atoms with Gasteiger partial charge in [-0.05, 0) is 48.5 Å². The molecular weight excluding hydrogens is 248 g/mol. The number of hydrogen-bond donors (Lipinski definition) is 0. The molecule has 17 heavy (non-hydrogen) atoms. The molecule has 1 aliphatic rings. The Labute approximate surface area is 114 Å². The largest absolute Gasteiger partial charge is 0.149 e. The van der Waals surface area contributed by atoms with Crippen LogP contribution in [0.3, 0.4) is 0 Å². The van der Waals surface area contributed by atoms with Crippen molar-refractivity contribution in [3.63, 3.8) is 0 Å². The molecule has 2 rings (SSSR count). The highest BCUT2D eigenvalue weighted by molar-refractivity contribution is 7.09. The molecule has 0 spiro atoms. The fourth-order valence-electron chi connectivity index (χ4n) is 3.36. The second kappa shape index (κ2) is 5.75. The van der Waals surface area contributed by atoms with E-state index in [1.54, 1.807) is 0 Å². The molecule has 2 heteroatoms. The summed E-state index contributed by atoms with van der Waals surface area (Å²) >= 11 is 8.63. The van der Waals surface area contributed by atoms with Gasteiger partial charge in [-0.1, -0.05) is 32.8 Å². The Morgan fingerprint density at radius 3 is 2.59 bits per heavy atom. The van der Waals surface area contributed by atoms with E-state index in [1.807, 2.05) is 11.3 Å². The van der Waals surface area contributed by atoms with Crippen molar-refractivity contribution in [2.75, 3.05) is 0 Å². The van der Waals surface area contributed by atoms with Crippen LogP contribution in [0, 0.1) is 11.3 Å². The molecule has 0 N–H and O–H groups in total. The lowest BCUT2D eigenvalue weighted by Gasteiger charge is -2.35. The predicted molar refractivity (Wildman–Crippen MR) is 78.0 cm³/mol. The van der Waals surface area contributed by atoms with Gasteiger partial charge in [-0.25, -0.2) is 0 Å². The van der Waals surface area contributed by atoms with Gasteiger partial charge in [0.2, 0.25) is 0 Å². The van der Waals surface area contributed by atoms with Gasteiger partial charge in [0.15, 0.2) is 0 Å². The molecule has 1 aromatic rings. The molecule has 96 valence electrons. The second-order valence-electron chi connectivity index (χ2n) is 5.92. The standard InChI is InChI=1S/C15H23ClS/c1-12(2)11-15(7-3-4-8-15)14(16)10-13-6-5-9-17-13/h5-6,9,12,14H,3-4,7-8,10-11H2,1-2H3. The van der Waals surface area contributed by atoms with Crippen LogP contribution in [-0.2, 0) is 6.42 Å². The lowest BCUT2D eigenvalue weighted by atomic mass is 9.74. The molecule has 0 amide bonds. The van der Waals surface area contributed by atoms with Crippen LogP contribution >= 0.6 is 22.9 Å². The minimum Gasteiger partial charge on any atom is -0.149 e. The van der Waals surface area contributed by atoms with Gasteiger partial charge in [-0.2, -0.15) is 0 Å². The molecular formula is C15H23ClS. The van der Waals surface area contributed by atoms with Crippen molar-refractivity contribution in [3.8, 4) is 0 Å². The average Bonchev–Trinajstić information content (AvgIpc) is 2.88. The number of halogens is 1. The Morgan fingerprint density at radius 2 is 2.06 bits per heavy atom. The predicted octanol–water partition coefficient (Wildman–Crippen LogP) is 5.50. The van der Waals surface area contributed by atoms with Crippen LogP contribution in [0.2, 0.25) is 0 Å². The minimum absolute atomic E-state index is 0.325. The molecule has 1 aromatic heterocycles. The van der Waals surface area contributed by atoms with Gasteiger partial charge in [-0.15, -0.1) is 22.9 Å². The molecule has 1 atom stereocenters. The number of rotatable bonds is 5. The van der Waals surface area contributed by atoms with Gasteiger partial charge in [0.05, 0.1) is 0 Å². The zero-order chi connectivity index (χ0) is 12.3. The normalized spacial score (nSPS) is 20.9. The van der Waals surface area contributed by atoms with E-state index < -0.39 is 0 Å². The summed E-state index contributed by atoms with van der Waals surface area (Å²) in [6.45, 7) is 4.66. The summed E-state index contributed by atoms with van der Waals surface area (Å²) in [4.78, 5) is 1.44. The highest BCUT2D eigenvalue weighted by Crippen LogP contribution is 2.49. The molecule has 0 saturated heterocycles. The maximum absolute atomic E-state index is 6.79. The Kier molecular flexibility index (Phi) is 4.54. The number of hydrogen-bond acceptors (Lipinski definition) is 1. The number of alkyl halides is 1. The highest BCUT2D eigenvalue weighted by Gasteiger charge is 2.40. The molecule has 1 aliphatic carbocycles. The summed E-state index contributed by atoms with van der Waals surface area (Å²) in [5.74, 6) is 0.762. The van der Waals surface area contributed by atoms with E-state index in [1.165, 1.54) is 37.0 Å². The molecule has 1 heterocycles. The van der Waals surface area contributed by atoms with Gasteiger partial charge in [0.25, 0.3) is 0 Å². The highest BCUT2D eigenvalue weighted by atomic mass is 35.5. The SMILES string of the molecule is CC(C)CC1(C(Cl)Cc2cccs2)CCCC1. The molecule has 1 fully saturated rings. The Bertz CT molecular complexity index is 323. The first-order chi connectivity index (χ1) is 8.12. The van der Waals surface area contributed by atoms with E-state index >= 15 is 0 Å². The van der Waals surface area contributed by atoms with Crippen LogP contribution in [0.25, 0.3) is 0 Å². The topological polar surface area (TPSA) is 0 Å². The number of thiophene rings is 1. The van der Waals surface area contributed by atoms with Crippen LogP contribution in [0.1, 0.15) is 50.8 Å². The van der Waals surface area contributed by atoms with E-state index in [4.69, 9.17) is 11.6 Å². The van der Waals surface area contributed by atoms with Gasteiger partial charge in [0, 0.05) is 10.3 Å². The van der Waals surface area contributed by atoms with Crippen molar-refractivity contribution >= 4 is 22.9 Å². The van der Waals surface area contributed by atoms with Crippen LogP contribution in [0.4, 0.5) is 0 Å². The molecule has 1 saturated carbocycles. The van der Waals surface area contributed by atoms with Gasteiger partial charge < -0.3 is 0 Å². The van der Waals surface area contributed by atoms with Gasteiger partial charge in [-0.3, -0.25) is 0 Å². The van der Waals surface area contributed by atoms with Crippen molar-refractivity contribution in [2.24, 2.45) is 11.3 Å². The zero-order valence-electron chi connectivity index (χ0n) is 10.9. The molecule has 0 aromatic carbocycles. The third-order valence-electron chi connectivity index (χ3n) is 4.04. The van der Waals surface area contributed by atoms with Crippen molar-refractivity contribution in [2.45, 2.75) is 57.7 Å². The third-order valence-corrected chi connectivity index (χ3v) is 5.56. The first kappa shape index (κ1) is 13.4. The zero-order valence-corrected chi connectivity index (χ0v) is 12.5. The monoisotopic (exact) mass is 270 g/mol. The van der Waals surface area contributed by atoms with Crippen LogP contribution in [0.15, 0.2) is 17.5 Å². The molecule has 0 bridgehead atoms. The van der Waals surface area contributed by atoms with Crippen molar-refractivity contribution in [1.29, 1.82) is 0 Å². The van der Waals surface area contributed by atoms with Gasteiger partial charge in [0.1, 0.15) is 0 Å². The summed E-state index contributed by atoms with van der Waals surface area (Å²) in [7, 11) is 0. The summed E-state index contributed by atoms with van der Waals surface area (Å²) < 4.78 is 0. The Morgan fingerprint density at radius 1 is 1.35 bits per heavy atom. The fourth-order valence-corrected chi connectivity index (χ4v) is 4.68. The molecule has 1 unspecified atom stereocenters. The summed E-state index contributed by atoms with van der Waals surface area (Å²) in [6.07, 6.45) is 7.79. The minimum atomic E-state index is 0.325. The quantitative estimate of drug-likeness (QED) is 0.620. The van der Waals surface area contributed by atoms with E-state index in [0.717, 1.165) is 12.3 Å². The van der Waals surface area contributed by atoms with E-state index in [-0.39, 0.29) is 0 Å². The fraction of sp³-hybridized carbons (Fsp3) is 0.733. The molecule has 0 aliphatic heterocycles. The van der Waals surface area contributed by atoms with Crippen molar-refractivity contribution in [1.82, 2.24) is 0 Å². The summed E-state index contributed by atoms with van der Waals surface area (Å²) in [5.41, 5.74) is 0.416. The Balaban J connectivity index is 2.05. The summed E-state index contributed by atoms with van der Waals surface area (Å²) in [5, 5.41) is 2.48. The van der Waals surface area contributed by atoms with Crippen LogP contribution in [0.5, 0.6) is 0 Å². The van der Waals surface area contributed by atoms with Crippen molar-refractivity contribution in [3.05, 3.63) is 22.4 Å². The molecule has 0 radical (unpaired) electrons. The first-order valence-electron chi connectivity index (χ1n) is 6.79. The first-order valence-corrected chi connectivity index (χ1v) is 8.10. The van der Waals surface area contributed by atoms with Crippen molar-refractivity contribution < 1.29 is 0 Å². The van der Waals surface area contributed by atoms with E-state index in [9.17, 15) is 0 Å². The average molecular weight is 271 g/mol. The third kappa shape index (κ3) is 3.26. The second-order valence-corrected chi connectivity index (χ2v) is 7.48. The van der Waals surface area contributed by atoms with E-state index in [0.29, 0.717) is 10.8 Å². The van der Waals surface area contributed by atoms with E-state index in [2.05, 4.69) is 31.4 Å².